The van der Waals surface area contributed by atoms with Gasteiger partial charge in [-0.25, -0.2) is 8.42 Å². The summed E-state index contributed by atoms with van der Waals surface area (Å²) in [6.07, 6.45) is 1.94. The van der Waals surface area contributed by atoms with Crippen molar-refractivity contribution in [2.45, 2.75) is 32.6 Å². The number of amides is 1. The van der Waals surface area contributed by atoms with Gasteiger partial charge in [0.25, 0.3) is 0 Å². The van der Waals surface area contributed by atoms with Crippen LogP contribution in [0, 0.1) is 6.92 Å². The van der Waals surface area contributed by atoms with Gasteiger partial charge in [-0.2, -0.15) is 0 Å². The molecule has 0 aliphatic carbocycles. The molecular weight excluding hydrogens is 360 g/mol. The summed E-state index contributed by atoms with van der Waals surface area (Å²) in [5, 5.41) is 2.93. The van der Waals surface area contributed by atoms with Gasteiger partial charge in [-0.05, 0) is 37.0 Å². The number of hydrogen-bond donors (Lipinski definition) is 1. The fourth-order valence-corrected chi connectivity index (χ4v) is 3.80. The molecule has 2 aromatic carbocycles. The number of sulfonamides is 1. The van der Waals surface area contributed by atoms with Gasteiger partial charge in [0.15, 0.2) is 0 Å². The first-order valence-corrected chi connectivity index (χ1v) is 11.0. The molecule has 0 heterocycles. The summed E-state index contributed by atoms with van der Waals surface area (Å²) in [5.41, 5.74) is 2.88. The Morgan fingerprint density at radius 3 is 2.30 bits per heavy atom. The fraction of sp³-hybridized carbons (Fsp3) is 0.381. The van der Waals surface area contributed by atoms with Crippen LogP contribution in [0.15, 0.2) is 54.6 Å². The van der Waals surface area contributed by atoms with Crippen molar-refractivity contribution >= 4 is 21.6 Å². The molecule has 0 saturated carbocycles. The highest BCUT2D eigenvalue weighted by Crippen LogP contribution is 2.19. The van der Waals surface area contributed by atoms with Crippen LogP contribution in [0.5, 0.6) is 0 Å². The van der Waals surface area contributed by atoms with Crippen LogP contribution in [0.3, 0.4) is 0 Å². The SMILES string of the molecule is Cc1ccc(N(CCCC(=O)NC[C@H](C)c2ccccc2)S(C)(=O)=O)cc1. The summed E-state index contributed by atoms with van der Waals surface area (Å²) < 4.78 is 25.5. The third kappa shape index (κ3) is 6.71. The minimum absolute atomic E-state index is 0.0601. The Hall–Kier alpha value is -2.34. The molecule has 0 bridgehead atoms. The zero-order valence-corrected chi connectivity index (χ0v) is 17.0. The van der Waals surface area contributed by atoms with Crippen LogP contribution in [0.25, 0.3) is 0 Å². The quantitative estimate of drug-likeness (QED) is 0.715. The van der Waals surface area contributed by atoms with E-state index in [9.17, 15) is 13.2 Å². The highest BCUT2D eigenvalue weighted by Gasteiger charge is 2.17. The lowest BCUT2D eigenvalue weighted by Gasteiger charge is -2.22. The predicted octanol–water partition coefficient (Wildman–Crippen LogP) is 3.46. The Bertz CT molecular complexity index is 833. The fourth-order valence-electron chi connectivity index (χ4n) is 2.84. The van der Waals surface area contributed by atoms with Crippen LogP contribution >= 0.6 is 0 Å². The van der Waals surface area contributed by atoms with Gasteiger partial charge in [0.05, 0.1) is 11.9 Å². The van der Waals surface area contributed by atoms with E-state index in [1.165, 1.54) is 16.1 Å². The Morgan fingerprint density at radius 2 is 1.70 bits per heavy atom. The van der Waals surface area contributed by atoms with Gasteiger partial charge in [0, 0.05) is 19.5 Å². The molecule has 5 nitrogen and oxygen atoms in total. The summed E-state index contributed by atoms with van der Waals surface area (Å²) in [4.78, 5) is 12.1. The van der Waals surface area contributed by atoms with Crippen molar-refractivity contribution < 1.29 is 13.2 Å². The van der Waals surface area contributed by atoms with Crippen molar-refractivity contribution in [2.75, 3.05) is 23.7 Å². The monoisotopic (exact) mass is 388 g/mol. The molecule has 1 atom stereocenters. The van der Waals surface area contributed by atoms with Crippen LogP contribution in [0.1, 0.15) is 36.8 Å². The van der Waals surface area contributed by atoms with Gasteiger partial charge in [0.1, 0.15) is 0 Å². The van der Waals surface area contributed by atoms with E-state index in [4.69, 9.17) is 0 Å². The van der Waals surface area contributed by atoms with E-state index in [1.807, 2.05) is 49.4 Å². The number of hydrogen-bond acceptors (Lipinski definition) is 3. The largest absolute Gasteiger partial charge is 0.356 e. The highest BCUT2D eigenvalue weighted by molar-refractivity contribution is 7.92. The third-order valence-electron chi connectivity index (χ3n) is 4.46. The van der Waals surface area contributed by atoms with Gasteiger partial charge >= 0.3 is 0 Å². The van der Waals surface area contributed by atoms with Crippen molar-refractivity contribution in [3.63, 3.8) is 0 Å². The van der Waals surface area contributed by atoms with Gasteiger partial charge < -0.3 is 5.32 Å². The van der Waals surface area contributed by atoms with E-state index >= 15 is 0 Å². The lowest BCUT2D eigenvalue weighted by molar-refractivity contribution is -0.121. The van der Waals surface area contributed by atoms with Gasteiger partial charge in [-0.3, -0.25) is 9.10 Å². The number of nitrogens with one attached hydrogen (secondary N) is 1. The van der Waals surface area contributed by atoms with Crippen LogP contribution in [0.2, 0.25) is 0 Å². The highest BCUT2D eigenvalue weighted by atomic mass is 32.2. The molecule has 2 rings (SSSR count). The van der Waals surface area contributed by atoms with Gasteiger partial charge in [-0.1, -0.05) is 55.0 Å². The van der Waals surface area contributed by atoms with Crippen LogP contribution in [-0.4, -0.2) is 33.7 Å². The summed E-state index contributed by atoms with van der Waals surface area (Å²) in [6, 6.07) is 17.4. The van der Waals surface area contributed by atoms with Gasteiger partial charge in [-0.15, -0.1) is 0 Å². The molecule has 27 heavy (non-hydrogen) atoms. The lowest BCUT2D eigenvalue weighted by Crippen LogP contribution is -2.32. The molecule has 6 heteroatoms. The smallest absolute Gasteiger partial charge is 0.232 e. The second kappa shape index (κ2) is 9.55. The van der Waals surface area contributed by atoms with E-state index < -0.39 is 10.0 Å². The third-order valence-corrected chi connectivity index (χ3v) is 5.66. The summed E-state index contributed by atoms with van der Waals surface area (Å²) in [5.74, 6) is 0.172. The molecule has 146 valence electrons. The molecule has 0 unspecified atom stereocenters. The standard InChI is InChI=1S/C21H28N2O3S/c1-17-11-13-20(14-12-17)23(27(3,25)26)15-7-10-21(24)22-16-18(2)19-8-5-4-6-9-19/h4-6,8-9,11-14,18H,7,10,15-16H2,1-3H3,(H,22,24)/t18-/m0/s1. The minimum atomic E-state index is -3.39. The van der Waals surface area contributed by atoms with Crippen molar-refractivity contribution in [1.29, 1.82) is 0 Å². The Kier molecular flexibility index (Phi) is 7.42. The molecule has 0 aromatic heterocycles. The summed E-state index contributed by atoms with van der Waals surface area (Å²) in [7, 11) is -3.39. The number of carbonyl (C=O) groups excluding carboxylic acids is 1. The molecular formula is C21H28N2O3S. The molecule has 0 fully saturated rings. The van der Waals surface area contributed by atoms with E-state index in [-0.39, 0.29) is 18.4 Å². The average molecular weight is 389 g/mol. The maximum absolute atomic E-state index is 12.1. The first-order valence-electron chi connectivity index (χ1n) is 9.13. The van der Waals surface area contributed by atoms with Crippen molar-refractivity contribution in [1.82, 2.24) is 5.32 Å². The van der Waals surface area contributed by atoms with Crippen LogP contribution in [0.4, 0.5) is 5.69 Å². The normalized spacial score (nSPS) is 12.4. The van der Waals surface area contributed by atoms with Crippen molar-refractivity contribution in [3.8, 4) is 0 Å². The van der Waals surface area contributed by atoms with E-state index in [0.29, 0.717) is 25.1 Å². The number of nitrogens with zero attached hydrogens (tertiary/aromatic N) is 1. The number of anilines is 1. The predicted molar refractivity (Wildman–Crippen MR) is 110 cm³/mol. The van der Waals surface area contributed by atoms with Crippen molar-refractivity contribution in [3.05, 3.63) is 65.7 Å². The molecule has 2 aromatic rings. The molecule has 0 aliphatic heterocycles. The van der Waals surface area contributed by atoms with E-state index in [1.54, 1.807) is 12.1 Å². The second-order valence-electron chi connectivity index (χ2n) is 6.89. The maximum atomic E-state index is 12.1. The minimum Gasteiger partial charge on any atom is -0.356 e. The molecule has 1 N–H and O–H groups in total. The molecule has 0 spiro atoms. The van der Waals surface area contributed by atoms with E-state index in [2.05, 4.69) is 12.2 Å². The Balaban J connectivity index is 1.83. The summed E-state index contributed by atoms with van der Waals surface area (Å²) in [6.45, 7) is 4.87. The summed E-state index contributed by atoms with van der Waals surface area (Å²) >= 11 is 0. The van der Waals surface area contributed by atoms with Crippen molar-refractivity contribution in [2.24, 2.45) is 0 Å². The van der Waals surface area contributed by atoms with Crippen LogP contribution in [-0.2, 0) is 14.8 Å². The first kappa shape index (κ1) is 21.0. The van der Waals surface area contributed by atoms with E-state index in [0.717, 1.165) is 5.56 Å². The Morgan fingerprint density at radius 1 is 1.07 bits per heavy atom. The zero-order chi connectivity index (χ0) is 19.9. The average Bonchev–Trinajstić information content (AvgIpc) is 2.64. The molecule has 0 aliphatic rings. The molecule has 1 amide bonds. The van der Waals surface area contributed by atoms with Crippen LogP contribution < -0.4 is 9.62 Å². The maximum Gasteiger partial charge on any atom is 0.232 e. The Labute approximate surface area is 162 Å². The second-order valence-corrected chi connectivity index (χ2v) is 8.80. The number of aryl methyl sites for hydroxylation is 1. The zero-order valence-electron chi connectivity index (χ0n) is 16.2. The molecule has 0 saturated heterocycles. The number of carbonyl (C=O) groups is 1. The molecule has 0 radical (unpaired) electrons. The number of benzene rings is 2. The van der Waals surface area contributed by atoms with Gasteiger partial charge in [0.2, 0.25) is 15.9 Å². The lowest BCUT2D eigenvalue weighted by atomic mass is 10.0. The number of rotatable bonds is 9. The first-order chi connectivity index (χ1) is 12.8. The topological polar surface area (TPSA) is 66.5 Å².